The molecule has 84 valence electrons. The van der Waals surface area contributed by atoms with Crippen LogP contribution >= 0.6 is 0 Å². The molecular formula is C9H18O5. The quantitative estimate of drug-likeness (QED) is 0.552. The van der Waals surface area contributed by atoms with E-state index in [1.165, 1.54) is 41.9 Å². The van der Waals surface area contributed by atoms with Gasteiger partial charge in [0, 0.05) is 13.8 Å². The molecule has 0 spiro atoms. The van der Waals surface area contributed by atoms with Crippen LogP contribution in [0.3, 0.4) is 0 Å². The van der Waals surface area contributed by atoms with Crippen LogP contribution in [0.1, 0.15) is 27.7 Å². The Hall–Kier alpha value is -1.39. The van der Waals surface area contributed by atoms with Crippen molar-refractivity contribution in [1.29, 1.82) is 0 Å². The van der Waals surface area contributed by atoms with E-state index in [0.29, 0.717) is 0 Å². The zero-order chi connectivity index (χ0) is 12.1. The largest absolute Gasteiger partial charge is 0.469 e. The number of ketones is 1. The van der Waals surface area contributed by atoms with Crippen LogP contribution in [0.15, 0.2) is 0 Å². The van der Waals surface area contributed by atoms with E-state index in [-0.39, 0.29) is 17.7 Å². The molecule has 0 rings (SSSR count). The van der Waals surface area contributed by atoms with Gasteiger partial charge in [-0.3, -0.25) is 9.59 Å². The Morgan fingerprint density at radius 3 is 0.786 bits per heavy atom. The minimum absolute atomic E-state index is 0.167. The van der Waals surface area contributed by atoms with Gasteiger partial charge >= 0.3 is 11.9 Å². The van der Waals surface area contributed by atoms with E-state index >= 15 is 0 Å². The van der Waals surface area contributed by atoms with Gasteiger partial charge in [-0.15, -0.1) is 0 Å². The predicted molar refractivity (Wildman–Crippen MR) is 51.7 cm³/mol. The van der Waals surface area contributed by atoms with Gasteiger partial charge in [0.05, 0.1) is 14.2 Å². The summed E-state index contributed by atoms with van der Waals surface area (Å²) < 4.78 is 8.22. The maximum absolute atomic E-state index is 9.59. The molecule has 14 heavy (non-hydrogen) atoms. The first-order chi connectivity index (χ1) is 6.27. The van der Waals surface area contributed by atoms with Gasteiger partial charge in [-0.2, -0.15) is 0 Å². The number of esters is 2. The lowest BCUT2D eigenvalue weighted by molar-refractivity contribution is -0.138. The number of rotatable bonds is 0. The first-order valence-electron chi connectivity index (χ1n) is 3.84. The van der Waals surface area contributed by atoms with Gasteiger partial charge in [0.25, 0.3) is 0 Å². The van der Waals surface area contributed by atoms with E-state index in [1.807, 2.05) is 0 Å². The SMILES string of the molecule is CC(C)=O.COC(C)=O.COC(C)=O. The fourth-order valence-corrected chi connectivity index (χ4v) is 0. The van der Waals surface area contributed by atoms with Crippen LogP contribution < -0.4 is 0 Å². The Balaban J connectivity index is -0.000000131. The summed E-state index contributed by atoms with van der Waals surface area (Å²) in [5, 5.41) is 0. The molecule has 0 saturated heterocycles. The van der Waals surface area contributed by atoms with Gasteiger partial charge in [0.2, 0.25) is 0 Å². The van der Waals surface area contributed by atoms with Crippen LogP contribution in [0.4, 0.5) is 0 Å². The number of hydrogen-bond donors (Lipinski definition) is 0. The standard InChI is InChI=1S/2C3H6O2.C3H6O/c2*1-3(4)5-2;1-3(2)4/h2*1-2H3;1-2H3. The predicted octanol–water partition coefficient (Wildman–Crippen LogP) is 0.954. The average molecular weight is 206 g/mol. The van der Waals surface area contributed by atoms with E-state index < -0.39 is 0 Å². The van der Waals surface area contributed by atoms with Gasteiger partial charge in [0.1, 0.15) is 5.78 Å². The van der Waals surface area contributed by atoms with Gasteiger partial charge in [-0.1, -0.05) is 0 Å². The lowest BCUT2D eigenvalue weighted by Crippen LogP contribution is -1.88. The number of Topliss-reactive ketones (excluding diaryl/α,β-unsaturated/α-hetero) is 1. The fourth-order valence-electron chi connectivity index (χ4n) is 0. The van der Waals surface area contributed by atoms with E-state index in [9.17, 15) is 14.4 Å². The third-order valence-electron chi connectivity index (χ3n) is 0.575. The lowest BCUT2D eigenvalue weighted by atomic mass is 10.6. The van der Waals surface area contributed by atoms with Crippen molar-refractivity contribution in [3.05, 3.63) is 0 Å². The highest BCUT2D eigenvalue weighted by Crippen LogP contribution is 1.60. The number of carbonyl (C=O) groups is 3. The molecular weight excluding hydrogens is 188 g/mol. The summed E-state index contributed by atoms with van der Waals surface area (Å²) in [5.41, 5.74) is 0. The fraction of sp³-hybridized carbons (Fsp3) is 0.667. The van der Waals surface area contributed by atoms with Crippen molar-refractivity contribution in [3.63, 3.8) is 0 Å². The molecule has 0 aliphatic carbocycles. The van der Waals surface area contributed by atoms with Crippen LogP contribution in [0.25, 0.3) is 0 Å². The third kappa shape index (κ3) is 144. The lowest BCUT2D eigenvalue weighted by Gasteiger charge is -1.80. The van der Waals surface area contributed by atoms with Crippen LogP contribution in [0.5, 0.6) is 0 Å². The molecule has 0 aromatic rings. The molecule has 0 aliphatic heterocycles. The minimum Gasteiger partial charge on any atom is -0.469 e. The number of methoxy groups -OCH3 is 2. The van der Waals surface area contributed by atoms with E-state index in [2.05, 4.69) is 9.47 Å². The second kappa shape index (κ2) is 14.2. The maximum Gasteiger partial charge on any atom is 0.302 e. The van der Waals surface area contributed by atoms with Gasteiger partial charge in [0.15, 0.2) is 0 Å². The first-order valence-corrected chi connectivity index (χ1v) is 3.84. The van der Waals surface area contributed by atoms with Crippen molar-refractivity contribution in [1.82, 2.24) is 0 Å². The Kier molecular flexibility index (Phi) is 18.6. The highest BCUT2D eigenvalue weighted by Gasteiger charge is 1.76. The molecule has 0 aromatic carbocycles. The first kappa shape index (κ1) is 18.4. The summed E-state index contributed by atoms with van der Waals surface area (Å²) in [6.07, 6.45) is 0. The highest BCUT2D eigenvalue weighted by molar-refractivity contribution is 5.72. The van der Waals surface area contributed by atoms with E-state index in [1.54, 1.807) is 0 Å². The number of ether oxygens (including phenoxy) is 2. The third-order valence-corrected chi connectivity index (χ3v) is 0.575. The van der Waals surface area contributed by atoms with Crippen molar-refractivity contribution in [2.45, 2.75) is 27.7 Å². The summed E-state index contributed by atoms with van der Waals surface area (Å²) >= 11 is 0. The molecule has 5 nitrogen and oxygen atoms in total. The molecule has 0 heterocycles. The molecule has 0 radical (unpaired) electrons. The zero-order valence-electron chi connectivity index (χ0n) is 9.54. The van der Waals surface area contributed by atoms with Crippen LogP contribution in [0, 0.1) is 0 Å². The van der Waals surface area contributed by atoms with E-state index in [4.69, 9.17) is 0 Å². The molecule has 0 unspecified atom stereocenters. The Bertz CT molecular complexity index is 156. The molecule has 0 fully saturated rings. The molecule has 0 N–H and O–H groups in total. The summed E-state index contributed by atoms with van der Waals surface area (Å²) in [5.74, 6) is -0.324. The maximum atomic E-state index is 9.59. The smallest absolute Gasteiger partial charge is 0.302 e. The summed E-state index contributed by atoms with van der Waals surface area (Å²) in [6, 6.07) is 0. The van der Waals surface area contributed by atoms with Gasteiger partial charge in [-0.05, 0) is 13.8 Å². The molecule has 5 heteroatoms. The van der Waals surface area contributed by atoms with E-state index in [0.717, 1.165) is 0 Å². The minimum atomic E-state index is -0.245. The summed E-state index contributed by atoms with van der Waals surface area (Å²) in [4.78, 5) is 28.6. The van der Waals surface area contributed by atoms with Crippen LogP contribution in [0.2, 0.25) is 0 Å². The van der Waals surface area contributed by atoms with Crippen molar-refractivity contribution in [2.24, 2.45) is 0 Å². The molecule has 0 amide bonds. The Labute approximate surface area is 84.4 Å². The van der Waals surface area contributed by atoms with Gasteiger partial charge in [-0.25, -0.2) is 0 Å². The summed E-state index contributed by atoms with van der Waals surface area (Å²) in [7, 11) is 2.70. The molecule has 0 aromatic heterocycles. The molecule has 0 saturated carbocycles. The normalized spacial score (nSPS) is 6.71. The van der Waals surface area contributed by atoms with Crippen LogP contribution in [-0.4, -0.2) is 31.9 Å². The number of carbonyl (C=O) groups excluding carboxylic acids is 3. The van der Waals surface area contributed by atoms with Crippen molar-refractivity contribution >= 4 is 17.7 Å². The van der Waals surface area contributed by atoms with Gasteiger partial charge < -0.3 is 14.3 Å². The highest BCUT2D eigenvalue weighted by atomic mass is 16.5. The van der Waals surface area contributed by atoms with Crippen molar-refractivity contribution < 1.29 is 23.9 Å². The molecule has 0 aliphatic rings. The number of hydrogen-bond acceptors (Lipinski definition) is 5. The average Bonchev–Trinajstić information content (AvgIpc) is 2.04. The Morgan fingerprint density at radius 1 is 0.714 bits per heavy atom. The Morgan fingerprint density at radius 2 is 0.786 bits per heavy atom. The topological polar surface area (TPSA) is 69.7 Å². The second-order valence-electron chi connectivity index (χ2n) is 2.30. The molecule has 0 bridgehead atoms. The molecule has 0 atom stereocenters. The van der Waals surface area contributed by atoms with Crippen LogP contribution in [-0.2, 0) is 23.9 Å². The monoisotopic (exact) mass is 206 g/mol. The second-order valence-corrected chi connectivity index (χ2v) is 2.30. The summed E-state index contributed by atoms with van der Waals surface area (Å²) in [6.45, 7) is 5.78. The van der Waals surface area contributed by atoms with Crippen molar-refractivity contribution in [3.8, 4) is 0 Å². The van der Waals surface area contributed by atoms with Crippen molar-refractivity contribution in [2.75, 3.05) is 14.2 Å². The zero-order valence-corrected chi connectivity index (χ0v) is 9.54.